The van der Waals surface area contributed by atoms with Gasteiger partial charge < -0.3 is 14.8 Å². The zero-order chi connectivity index (χ0) is 18.9. The van der Waals surface area contributed by atoms with Gasteiger partial charge in [0.25, 0.3) is 5.82 Å². The molecular formula is C16H16F3N5O2. The van der Waals surface area contributed by atoms with Crippen LogP contribution in [-0.4, -0.2) is 34.0 Å². The van der Waals surface area contributed by atoms with Crippen LogP contribution in [-0.2, 0) is 6.18 Å². The van der Waals surface area contributed by atoms with E-state index in [0.717, 1.165) is 5.56 Å². The molecule has 0 spiro atoms. The summed E-state index contributed by atoms with van der Waals surface area (Å²) in [5.41, 5.74) is 0.781. The van der Waals surface area contributed by atoms with Crippen LogP contribution in [0.15, 0.2) is 30.3 Å². The first kappa shape index (κ1) is 17.8. The number of fused-ring (bicyclic) bond motifs is 1. The zero-order valence-corrected chi connectivity index (χ0v) is 14.2. The summed E-state index contributed by atoms with van der Waals surface area (Å²) in [7, 11) is 3.08. The molecule has 0 aliphatic heterocycles. The van der Waals surface area contributed by atoms with Crippen molar-refractivity contribution in [2.75, 3.05) is 19.5 Å². The second-order valence-corrected chi connectivity index (χ2v) is 5.48. The predicted octanol–water partition coefficient (Wildman–Crippen LogP) is 3.33. The van der Waals surface area contributed by atoms with Crippen molar-refractivity contribution in [1.82, 2.24) is 19.8 Å². The highest BCUT2D eigenvalue weighted by molar-refractivity contribution is 5.48. The van der Waals surface area contributed by atoms with E-state index < -0.39 is 12.0 Å². The molecule has 1 aromatic carbocycles. The van der Waals surface area contributed by atoms with Gasteiger partial charge in [-0.05, 0) is 37.3 Å². The van der Waals surface area contributed by atoms with Crippen molar-refractivity contribution in [1.29, 1.82) is 0 Å². The summed E-state index contributed by atoms with van der Waals surface area (Å²) in [5, 5.41) is 13.6. The molecule has 0 unspecified atom stereocenters. The van der Waals surface area contributed by atoms with Crippen molar-refractivity contribution in [3.63, 3.8) is 0 Å². The van der Waals surface area contributed by atoms with Crippen molar-refractivity contribution in [2.24, 2.45) is 0 Å². The molecule has 0 fully saturated rings. The van der Waals surface area contributed by atoms with Gasteiger partial charge in [-0.1, -0.05) is 0 Å². The van der Waals surface area contributed by atoms with Gasteiger partial charge in [0.15, 0.2) is 5.65 Å². The van der Waals surface area contributed by atoms with Crippen molar-refractivity contribution in [3.05, 3.63) is 41.7 Å². The average molecular weight is 367 g/mol. The van der Waals surface area contributed by atoms with Gasteiger partial charge in [-0.3, -0.25) is 0 Å². The van der Waals surface area contributed by atoms with E-state index in [1.807, 2.05) is 6.92 Å². The number of methoxy groups -OCH3 is 2. The second-order valence-electron chi connectivity index (χ2n) is 5.48. The molecule has 1 N–H and O–H groups in total. The number of benzene rings is 1. The minimum atomic E-state index is -4.65. The van der Waals surface area contributed by atoms with Crippen LogP contribution in [0.3, 0.4) is 0 Å². The zero-order valence-electron chi connectivity index (χ0n) is 14.2. The Labute approximate surface area is 146 Å². The molecule has 2 aromatic heterocycles. The number of hydrogen-bond acceptors (Lipinski definition) is 6. The summed E-state index contributed by atoms with van der Waals surface area (Å²) in [6, 6.07) is 7.93. The van der Waals surface area contributed by atoms with E-state index in [0.29, 0.717) is 16.0 Å². The summed E-state index contributed by atoms with van der Waals surface area (Å²) in [5.74, 6) is 0.311. The number of anilines is 1. The van der Waals surface area contributed by atoms with Crippen molar-refractivity contribution in [3.8, 4) is 11.5 Å². The lowest BCUT2D eigenvalue weighted by atomic mass is 10.1. The van der Waals surface area contributed by atoms with Gasteiger partial charge in [0.2, 0.25) is 0 Å². The van der Waals surface area contributed by atoms with E-state index in [1.54, 1.807) is 25.3 Å². The van der Waals surface area contributed by atoms with Crippen molar-refractivity contribution in [2.45, 2.75) is 19.1 Å². The fourth-order valence-electron chi connectivity index (χ4n) is 2.52. The normalized spacial score (nSPS) is 12.8. The molecular weight excluding hydrogens is 351 g/mol. The Balaban J connectivity index is 1.93. The van der Waals surface area contributed by atoms with Gasteiger partial charge in [0.1, 0.15) is 17.3 Å². The molecule has 0 aliphatic carbocycles. The summed E-state index contributed by atoms with van der Waals surface area (Å²) >= 11 is 0. The Morgan fingerprint density at radius 3 is 2.50 bits per heavy atom. The van der Waals surface area contributed by atoms with Crippen LogP contribution < -0.4 is 14.8 Å². The van der Waals surface area contributed by atoms with E-state index in [4.69, 9.17) is 9.47 Å². The number of aromatic nitrogens is 4. The topological polar surface area (TPSA) is 73.6 Å². The number of nitrogens with one attached hydrogen (secondary N) is 1. The Morgan fingerprint density at radius 1 is 1.08 bits per heavy atom. The standard InChI is InChI=1S/C16H16F3N5O2/c1-9(11-8-10(25-2)4-5-12(11)26-3)20-13-6-7-14-21-22-15(16(17,18)19)24(14)23-13/h4-9H,1-3H3,(H,20,23)/t9-/m1/s1. The first-order chi connectivity index (χ1) is 12.3. The summed E-state index contributed by atoms with van der Waals surface area (Å²) in [6.07, 6.45) is -4.65. The van der Waals surface area contributed by atoms with E-state index in [-0.39, 0.29) is 17.5 Å². The number of ether oxygens (including phenoxy) is 2. The second kappa shape index (κ2) is 6.70. The first-order valence-corrected chi connectivity index (χ1v) is 7.61. The molecule has 0 radical (unpaired) electrons. The van der Waals surface area contributed by atoms with E-state index >= 15 is 0 Å². The Kier molecular flexibility index (Phi) is 4.58. The maximum absolute atomic E-state index is 13.0. The molecule has 7 nitrogen and oxygen atoms in total. The van der Waals surface area contributed by atoms with E-state index in [1.165, 1.54) is 19.2 Å². The monoisotopic (exact) mass is 367 g/mol. The Hall–Kier alpha value is -3.04. The van der Waals surface area contributed by atoms with Crippen molar-refractivity contribution < 1.29 is 22.6 Å². The van der Waals surface area contributed by atoms with E-state index in [9.17, 15) is 13.2 Å². The maximum Gasteiger partial charge on any atom is 0.453 e. The first-order valence-electron chi connectivity index (χ1n) is 7.61. The molecule has 3 aromatic rings. The molecule has 26 heavy (non-hydrogen) atoms. The molecule has 0 saturated heterocycles. The third-order valence-electron chi connectivity index (χ3n) is 3.78. The smallest absolute Gasteiger partial charge is 0.453 e. The lowest BCUT2D eigenvalue weighted by Crippen LogP contribution is -2.15. The summed E-state index contributed by atoms with van der Waals surface area (Å²) in [6.45, 7) is 1.83. The van der Waals surface area contributed by atoms with Gasteiger partial charge in [0.05, 0.1) is 20.3 Å². The molecule has 138 valence electrons. The highest BCUT2D eigenvalue weighted by Gasteiger charge is 2.37. The molecule has 0 saturated carbocycles. The fraction of sp³-hybridized carbons (Fsp3) is 0.312. The van der Waals surface area contributed by atoms with Gasteiger partial charge in [-0.2, -0.15) is 17.7 Å². The minimum Gasteiger partial charge on any atom is -0.497 e. The fourth-order valence-corrected chi connectivity index (χ4v) is 2.52. The molecule has 1 atom stereocenters. The number of rotatable bonds is 5. The average Bonchev–Trinajstić information content (AvgIpc) is 3.04. The highest BCUT2D eigenvalue weighted by atomic mass is 19.4. The third kappa shape index (κ3) is 3.35. The lowest BCUT2D eigenvalue weighted by molar-refractivity contribution is -0.146. The molecule has 10 heteroatoms. The SMILES string of the molecule is COc1ccc(OC)c([C@@H](C)Nc2ccc3nnc(C(F)(F)F)n3n2)c1. The summed E-state index contributed by atoms with van der Waals surface area (Å²) in [4.78, 5) is 0. The Bertz CT molecular complexity index is 926. The Morgan fingerprint density at radius 2 is 1.85 bits per heavy atom. The molecule has 0 amide bonds. The van der Waals surface area contributed by atoms with E-state index in [2.05, 4.69) is 20.6 Å². The third-order valence-corrected chi connectivity index (χ3v) is 3.78. The molecule has 0 aliphatic rings. The largest absolute Gasteiger partial charge is 0.497 e. The van der Waals surface area contributed by atoms with Crippen LogP contribution in [0.2, 0.25) is 0 Å². The van der Waals surface area contributed by atoms with Crippen LogP contribution in [0, 0.1) is 0 Å². The number of halogens is 3. The quantitative estimate of drug-likeness (QED) is 0.746. The molecule has 2 heterocycles. The minimum absolute atomic E-state index is 0.00879. The molecule has 3 rings (SSSR count). The lowest BCUT2D eigenvalue weighted by Gasteiger charge is -2.18. The maximum atomic E-state index is 13.0. The van der Waals surface area contributed by atoms with Gasteiger partial charge >= 0.3 is 6.18 Å². The number of nitrogens with zero attached hydrogens (tertiary/aromatic N) is 4. The van der Waals surface area contributed by atoms with Crippen molar-refractivity contribution >= 4 is 11.5 Å². The van der Waals surface area contributed by atoms with Gasteiger partial charge in [0, 0.05) is 5.56 Å². The highest BCUT2D eigenvalue weighted by Crippen LogP contribution is 2.31. The van der Waals surface area contributed by atoms with Gasteiger partial charge in [-0.25, -0.2) is 0 Å². The number of alkyl halides is 3. The van der Waals surface area contributed by atoms with Gasteiger partial charge in [-0.15, -0.1) is 15.3 Å². The molecule has 0 bridgehead atoms. The van der Waals surface area contributed by atoms with Crippen LogP contribution in [0.25, 0.3) is 5.65 Å². The van der Waals surface area contributed by atoms with Crippen LogP contribution in [0.4, 0.5) is 19.0 Å². The number of hydrogen-bond donors (Lipinski definition) is 1. The predicted molar refractivity (Wildman–Crippen MR) is 87.4 cm³/mol. The van der Waals surface area contributed by atoms with Crippen LogP contribution in [0.5, 0.6) is 11.5 Å². The van der Waals surface area contributed by atoms with Crippen LogP contribution in [0.1, 0.15) is 24.4 Å². The van der Waals surface area contributed by atoms with Crippen LogP contribution >= 0.6 is 0 Å². The summed E-state index contributed by atoms with van der Waals surface area (Å²) < 4.78 is 50.1.